The largest absolute Gasteiger partial charge is 0.469 e. The molecule has 1 saturated heterocycles. The lowest BCUT2D eigenvalue weighted by atomic mass is 9.95. The highest BCUT2D eigenvalue weighted by atomic mass is 16.5. The molecule has 3 atom stereocenters. The van der Waals surface area contributed by atoms with E-state index in [0.717, 1.165) is 57.9 Å². The summed E-state index contributed by atoms with van der Waals surface area (Å²) in [6, 6.07) is 10.7. The average molecular weight is 458 g/mol. The molecule has 1 aliphatic heterocycles. The van der Waals surface area contributed by atoms with Gasteiger partial charge in [0.2, 0.25) is 5.91 Å². The SMILES string of the molecule is COC(=O)CCCCCCN1C(=O)CC[C@@H]1/C=C/[C@@H](O)[C@@H](C)CCCCCc1ccccc1. The first kappa shape index (κ1) is 27.1. The van der Waals surface area contributed by atoms with E-state index in [9.17, 15) is 14.7 Å². The van der Waals surface area contributed by atoms with Crippen LogP contribution in [0.25, 0.3) is 0 Å². The molecule has 5 nitrogen and oxygen atoms in total. The molecule has 1 aliphatic rings. The number of methoxy groups -OCH3 is 1. The predicted molar refractivity (Wildman–Crippen MR) is 133 cm³/mol. The third kappa shape index (κ3) is 10.6. The molecule has 0 saturated carbocycles. The van der Waals surface area contributed by atoms with Crippen molar-refractivity contribution < 1.29 is 19.4 Å². The molecule has 0 radical (unpaired) electrons. The quantitative estimate of drug-likeness (QED) is 0.203. The van der Waals surface area contributed by atoms with Crippen LogP contribution in [0.15, 0.2) is 42.5 Å². The number of rotatable bonds is 16. The van der Waals surface area contributed by atoms with Gasteiger partial charge in [-0.15, -0.1) is 0 Å². The Balaban J connectivity index is 1.62. The van der Waals surface area contributed by atoms with Crippen molar-refractivity contribution >= 4 is 11.9 Å². The standard InChI is InChI=1S/C28H43NO4/c1-23(13-7-5-8-14-24-15-9-6-10-16-24)26(30)20-18-25-19-21-27(31)29(25)22-12-4-3-11-17-28(32)33-2/h6,9-10,15-16,18,20,23,25-26,30H,3-5,7-8,11-14,17,19,21-22H2,1-2H3/b20-18+/t23-,25-,26+/m0/s1. The summed E-state index contributed by atoms with van der Waals surface area (Å²) in [6.07, 6.45) is 14.7. The van der Waals surface area contributed by atoms with Gasteiger partial charge < -0.3 is 14.7 Å². The summed E-state index contributed by atoms with van der Waals surface area (Å²) in [5.41, 5.74) is 1.39. The van der Waals surface area contributed by atoms with Crippen LogP contribution in [-0.2, 0) is 20.7 Å². The molecule has 1 N–H and O–H groups in total. The summed E-state index contributed by atoms with van der Waals surface area (Å²) in [5, 5.41) is 10.6. The van der Waals surface area contributed by atoms with Crippen LogP contribution in [0, 0.1) is 5.92 Å². The van der Waals surface area contributed by atoms with Crippen molar-refractivity contribution in [2.24, 2.45) is 5.92 Å². The smallest absolute Gasteiger partial charge is 0.305 e. The molecule has 0 aliphatic carbocycles. The maximum Gasteiger partial charge on any atom is 0.305 e. The van der Waals surface area contributed by atoms with E-state index >= 15 is 0 Å². The first-order valence-electron chi connectivity index (χ1n) is 12.8. The summed E-state index contributed by atoms with van der Waals surface area (Å²) < 4.78 is 4.66. The summed E-state index contributed by atoms with van der Waals surface area (Å²) in [7, 11) is 1.42. The Hall–Kier alpha value is -2.14. The Labute approximate surface area is 200 Å². The zero-order valence-electron chi connectivity index (χ0n) is 20.6. The van der Waals surface area contributed by atoms with E-state index in [4.69, 9.17) is 0 Å². The average Bonchev–Trinajstić information content (AvgIpc) is 3.18. The van der Waals surface area contributed by atoms with E-state index in [1.165, 1.54) is 25.5 Å². The van der Waals surface area contributed by atoms with Gasteiger partial charge in [-0.1, -0.05) is 75.1 Å². The molecule has 0 aromatic heterocycles. The number of carbonyl (C=O) groups is 2. The molecule has 2 rings (SSSR count). The number of amides is 1. The molecular weight excluding hydrogens is 414 g/mol. The Kier molecular flexibility index (Phi) is 12.9. The van der Waals surface area contributed by atoms with Gasteiger partial charge in [-0.25, -0.2) is 0 Å². The molecule has 1 fully saturated rings. The number of esters is 1. The monoisotopic (exact) mass is 457 g/mol. The van der Waals surface area contributed by atoms with Gasteiger partial charge >= 0.3 is 5.97 Å². The minimum atomic E-state index is -0.463. The van der Waals surface area contributed by atoms with Gasteiger partial charge in [0.1, 0.15) is 0 Å². The Morgan fingerprint density at radius 3 is 2.61 bits per heavy atom. The zero-order chi connectivity index (χ0) is 23.9. The van der Waals surface area contributed by atoms with Gasteiger partial charge in [0.25, 0.3) is 0 Å². The number of hydrogen-bond donors (Lipinski definition) is 1. The number of aliphatic hydroxyl groups is 1. The Morgan fingerprint density at radius 2 is 1.85 bits per heavy atom. The topological polar surface area (TPSA) is 66.8 Å². The number of hydrogen-bond acceptors (Lipinski definition) is 4. The van der Waals surface area contributed by atoms with E-state index in [1.807, 2.05) is 17.1 Å². The first-order chi connectivity index (χ1) is 16.0. The van der Waals surface area contributed by atoms with Gasteiger partial charge in [-0.3, -0.25) is 9.59 Å². The Bertz CT molecular complexity index is 718. The van der Waals surface area contributed by atoms with Crippen LogP contribution >= 0.6 is 0 Å². The number of benzene rings is 1. The summed E-state index contributed by atoms with van der Waals surface area (Å²) >= 11 is 0. The fourth-order valence-corrected chi connectivity index (χ4v) is 4.47. The van der Waals surface area contributed by atoms with E-state index in [2.05, 4.69) is 42.0 Å². The zero-order valence-corrected chi connectivity index (χ0v) is 20.6. The number of carbonyl (C=O) groups excluding carboxylic acids is 2. The van der Waals surface area contributed by atoms with Crippen molar-refractivity contribution in [3.8, 4) is 0 Å². The van der Waals surface area contributed by atoms with Crippen LogP contribution in [0.2, 0.25) is 0 Å². The lowest BCUT2D eigenvalue weighted by Gasteiger charge is -2.23. The van der Waals surface area contributed by atoms with Crippen LogP contribution in [0.3, 0.4) is 0 Å². The van der Waals surface area contributed by atoms with Gasteiger partial charge in [0, 0.05) is 19.4 Å². The molecule has 1 amide bonds. The second-order valence-corrected chi connectivity index (χ2v) is 9.37. The molecule has 0 unspecified atom stereocenters. The van der Waals surface area contributed by atoms with Crippen molar-refractivity contribution in [3.05, 3.63) is 48.0 Å². The third-order valence-corrected chi connectivity index (χ3v) is 6.71. The van der Waals surface area contributed by atoms with Crippen molar-refractivity contribution in [3.63, 3.8) is 0 Å². The lowest BCUT2D eigenvalue weighted by molar-refractivity contribution is -0.140. The third-order valence-electron chi connectivity index (χ3n) is 6.71. The van der Waals surface area contributed by atoms with Gasteiger partial charge in [-0.2, -0.15) is 0 Å². The minimum Gasteiger partial charge on any atom is -0.469 e. The summed E-state index contributed by atoms with van der Waals surface area (Å²) in [6.45, 7) is 2.86. The van der Waals surface area contributed by atoms with Crippen molar-refractivity contribution in [2.75, 3.05) is 13.7 Å². The van der Waals surface area contributed by atoms with Crippen molar-refractivity contribution in [2.45, 2.75) is 96.1 Å². The molecule has 1 heterocycles. The van der Waals surface area contributed by atoms with Crippen molar-refractivity contribution in [1.29, 1.82) is 0 Å². The lowest BCUT2D eigenvalue weighted by Crippen LogP contribution is -2.33. The maximum atomic E-state index is 12.3. The van der Waals surface area contributed by atoms with Crippen LogP contribution in [0.4, 0.5) is 0 Å². The molecule has 0 bridgehead atoms. The molecular formula is C28H43NO4. The fraction of sp³-hybridized carbons (Fsp3) is 0.643. The highest BCUT2D eigenvalue weighted by molar-refractivity contribution is 5.79. The minimum absolute atomic E-state index is 0.0975. The number of aryl methyl sites for hydroxylation is 1. The highest BCUT2D eigenvalue weighted by Crippen LogP contribution is 2.22. The number of likely N-dealkylation sites (tertiary alicyclic amines) is 1. The van der Waals surface area contributed by atoms with E-state index in [-0.39, 0.29) is 23.8 Å². The summed E-state index contributed by atoms with van der Waals surface area (Å²) in [4.78, 5) is 25.4. The molecule has 0 spiro atoms. The summed E-state index contributed by atoms with van der Waals surface area (Å²) in [5.74, 6) is 0.272. The second kappa shape index (κ2) is 15.7. The molecule has 184 valence electrons. The second-order valence-electron chi connectivity index (χ2n) is 9.37. The van der Waals surface area contributed by atoms with Crippen molar-refractivity contribution in [1.82, 2.24) is 4.90 Å². The van der Waals surface area contributed by atoms with Gasteiger partial charge in [0.05, 0.1) is 19.3 Å². The predicted octanol–water partition coefficient (Wildman–Crippen LogP) is 5.46. The maximum absolute atomic E-state index is 12.3. The van der Waals surface area contributed by atoms with Crippen LogP contribution < -0.4 is 0 Å². The van der Waals surface area contributed by atoms with Crippen LogP contribution in [-0.4, -0.2) is 47.7 Å². The molecule has 33 heavy (non-hydrogen) atoms. The Morgan fingerprint density at radius 1 is 1.12 bits per heavy atom. The van der Waals surface area contributed by atoms with Gasteiger partial charge in [-0.05, 0) is 50.0 Å². The van der Waals surface area contributed by atoms with Gasteiger partial charge in [0.15, 0.2) is 0 Å². The van der Waals surface area contributed by atoms with Crippen LogP contribution in [0.5, 0.6) is 0 Å². The normalized spacial score (nSPS) is 18.1. The van der Waals surface area contributed by atoms with E-state index in [1.54, 1.807) is 0 Å². The first-order valence-corrected chi connectivity index (χ1v) is 12.8. The number of ether oxygens (including phenoxy) is 1. The number of unbranched alkanes of at least 4 members (excludes halogenated alkanes) is 5. The molecule has 1 aromatic carbocycles. The fourth-order valence-electron chi connectivity index (χ4n) is 4.47. The number of nitrogens with zero attached hydrogens (tertiary/aromatic N) is 1. The van der Waals surface area contributed by atoms with Crippen LogP contribution in [0.1, 0.15) is 83.1 Å². The van der Waals surface area contributed by atoms with E-state index < -0.39 is 6.10 Å². The van der Waals surface area contributed by atoms with E-state index in [0.29, 0.717) is 12.8 Å². The molecule has 1 aromatic rings. The highest BCUT2D eigenvalue weighted by Gasteiger charge is 2.28. The number of aliphatic hydroxyl groups excluding tert-OH is 1. The molecule has 5 heteroatoms.